The minimum atomic E-state index is -4.67. The van der Waals surface area contributed by atoms with Crippen LogP contribution in [0.1, 0.15) is 43.1 Å². The SMILES string of the molecule is COc1cnc(C(F)(F)F)cc1NC(=O)[C@H]1CC(C)(C)c2c1cnc1cc(F)nn21. The number of rotatable bonds is 3. The zero-order valence-electron chi connectivity index (χ0n) is 16.2. The normalized spacial score (nSPS) is 17.8. The quantitative estimate of drug-likeness (QED) is 0.650. The highest BCUT2D eigenvalue weighted by atomic mass is 19.4. The topological polar surface area (TPSA) is 81.4 Å². The number of amides is 1. The Hall–Kier alpha value is -3.24. The van der Waals surface area contributed by atoms with Crippen LogP contribution in [-0.2, 0) is 16.4 Å². The molecule has 0 fully saturated rings. The summed E-state index contributed by atoms with van der Waals surface area (Å²) in [6.45, 7) is 3.76. The van der Waals surface area contributed by atoms with E-state index in [9.17, 15) is 22.4 Å². The number of fused-ring (bicyclic) bond motifs is 3. The molecule has 0 spiro atoms. The van der Waals surface area contributed by atoms with Crippen LogP contribution in [0.2, 0.25) is 0 Å². The van der Waals surface area contributed by atoms with Crippen molar-refractivity contribution in [2.24, 2.45) is 0 Å². The Kier molecular flexibility index (Phi) is 4.44. The molecular formula is C19H17F4N5O2. The first-order valence-corrected chi connectivity index (χ1v) is 8.98. The summed E-state index contributed by atoms with van der Waals surface area (Å²) < 4.78 is 59.1. The number of methoxy groups -OCH3 is 1. The van der Waals surface area contributed by atoms with Crippen molar-refractivity contribution < 1.29 is 27.1 Å². The maximum Gasteiger partial charge on any atom is 0.433 e. The van der Waals surface area contributed by atoms with Gasteiger partial charge in [-0.15, -0.1) is 5.10 Å². The van der Waals surface area contributed by atoms with Crippen molar-refractivity contribution >= 4 is 17.2 Å². The van der Waals surface area contributed by atoms with Gasteiger partial charge in [-0.05, 0) is 12.5 Å². The molecule has 0 saturated carbocycles. The average molecular weight is 423 g/mol. The predicted molar refractivity (Wildman–Crippen MR) is 97.7 cm³/mol. The number of nitrogens with zero attached hydrogens (tertiary/aromatic N) is 4. The van der Waals surface area contributed by atoms with Crippen LogP contribution < -0.4 is 10.1 Å². The first-order chi connectivity index (χ1) is 14.0. The molecule has 1 aliphatic carbocycles. The van der Waals surface area contributed by atoms with Gasteiger partial charge in [-0.1, -0.05) is 13.8 Å². The highest BCUT2D eigenvalue weighted by molar-refractivity contribution is 5.98. The van der Waals surface area contributed by atoms with Crippen molar-refractivity contribution in [3.8, 4) is 5.75 Å². The second-order valence-corrected chi connectivity index (χ2v) is 7.70. The molecule has 0 unspecified atom stereocenters. The van der Waals surface area contributed by atoms with Gasteiger partial charge in [0.25, 0.3) is 0 Å². The molecule has 3 aromatic rings. The van der Waals surface area contributed by atoms with Crippen molar-refractivity contribution in [1.29, 1.82) is 0 Å². The molecule has 11 heteroatoms. The molecule has 1 amide bonds. The van der Waals surface area contributed by atoms with Gasteiger partial charge in [-0.2, -0.15) is 17.6 Å². The van der Waals surface area contributed by atoms with Crippen LogP contribution in [-0.4, -0.2) is 32.6 Å². The number of aromatic nitrogens is 4. The molecule has 4 rings (SSSR count). The van der Waals surface area contributed by atoms with Crippen LogP contribution in [0, 0.1) is 5.95 Å². The number of anilines is 1. The molecule has 0 aliphatic heterocycles. The maximum atomic E-state index is 13.6. The lowest BCUT2D eigenvalue weighted by molar-refractivity contribution is -0.141. The van der Waals surface area contributed by atoms with E-state index in [1.165, 1.54) is 23.9 Å². The van der Waals surface area contributed by atoms with Crippen LogP contribution in [0.15, 0.2) is 24.5 Å². The highest BCUT2D eigenvalue weighted by Crippen LogP contribution is 2.46. The zero-order valence-corrected chi connectivity index (χ0v) is 16.2. The maximum absolute atomic E-state index is 13.6. The Balaban J connectivity index is 1.72. The van der Waals surface area contributed by atoms with E-state index in [4.69, 9.17) is 4.74 Å². The van der Waals surface area contributed by atoms with E-state index in [0.717, 1.165) is 12.3 Å². The summed E-state index contributed by atoms with van der Waals surface area (Å²) in [6.07, 6.45) is -1.94. The number of hydrogen-bond donors (Lipinski definition) is 1. The smallest absolute Gasteiger partial charge is 0.433 e. The van der Waals surface area contributed by atoms with Gasteiger partial charge in [0, 0.05) is 23.2 Å². The summed E-state index contributed by atoms with van der Waals surface area (Å²) in [6, 6.07) is 1.91. The van der Waals surface area contributed by atoms with Gasteiger partial charge in [0.2, 0.25) is 11.9 Å². The van der Waals surface area contributed by atoms with E-state index in [1.54, 1.807) is 0 Å². The van der Waals surface area contributed by atoms with E-state index in [-0.39, 0.29) is 11.4 Å². The molecule has 30 heavy (non-hydrogen) atoms. The number of carbonyl (C=O) groups excluding carboxylic acids is 1. The number of halogens is 4. The first kappa shape index (κ1) is 20.0. The van der Waals surface area contributed by atoms with E-state index in [2.05, 4.69) is 20.4 Å². The molecule has 1 N–H and O–H groups in total. The Morgan fingerprint density at radius 3 is 2.67 bits per heavy atom. The largest absolute Gasteiger partial charge is 0.493 e. The van der Waals surface area contributed by atoms with Crippen LogP contribution in [0.25, 0.3) is 5.65 Å². The third kappa shape index (κ3) is 3.23. The molecule has 7 nitrogen and oxygen atoms in total. The zero-order chi connectivity index (χ0) is 21.8. The van der Waals surface area contributed by atoms with Gasteiger partial charge in [0.15, 0.2) is 11.4 Å². The summed E-state index contributed by atoms with van der Waals surface area (Å²) in [4.78, 5) is 20.5. The highest BCUT2D eigenvalue weighted by Gasteiger charge is 2.43. The second-order valence-electron chi connectivity index (χ2n) is 7.70. The Labute approximate surface area is 168 Å². The third-order valence-electron chi connectivity index (χ3n) is 5.16. The molecule has 1 atom stereocenters. The number of ether oxygens (including phenoxy) is 1. The van der Waals surface area contributed by atoms with E-state index in [1.807, 2.05) is 13.8 Å². The summed E-state index contributed by atoms with van der Waals surface area (Å²) >= 11 is 0. The molecule has 0 saturated heterocycles. The number of alkyl halides is 3. The van der Waals surface area contributed by atoms with E-state index >= 15 is 0 Å². The number of hydrogen-bond acceptors (Lipinski definition) is 5. The van der Waals surface area contributed by atoms with Crippen molar-refractivity contribution in [1.82, 2.24) is 19.6 Å². The van der Waals surface area contributed by atoms with Crippen LogP contribution in [0.4, 0.5) is 23.2 Å². The summed E-state index contributed by atoms with van der Waals surface area (Å²) in [5.74, 6) is -1.95. The average Bonchev–Trinajstić information content (AvgIpc) is 3.16. The molecule has 0 radical (unpaired) electrons. The van der Waals surface area contributed by atoms with Crippen molar-refractivity contribution in [2.45, 2.75) is 37.8 Å². The summed E-state index contributed by atoms with van der Waals surface area (Å²) in [5.41, 5.74) is -0.356. The van der Waals surface area contributed by atoms with E-state index in [0.29, 0.717) is 23.3 Å². The predicted octanol–water partition coefficient (Wildman–Crippen LogP) is 3.69. The number of carbonyl (C=O) groups is 1. The van der Waals surface area contributed by atoms with E-state index < -0.39 is 35.1 Å². The lowest BCUT2D eigenvalue weighted by Crippen LogP contribution is -2.22. The Bertz CT molecular complexity index is 1160. The lowest BCUT2D eigenvalue weighted by Gasteiger charge is -2.19. The molecule has 158 valence electrons. The number of nitrogens with one attached hydrogen (secondary N) is 1. The molecule has 3 aromatic heterocycles. The second kappa shape index (κ2) is 6.64. The fourth-order valence-electron chi connectivity index (χ4n) is 3.88. The molecule has 0 aromatic carbocycles. The molecular weight excluding hydrogens is 406 g/mol. The van der Waals surface area contributed by atoms with Gasteiger partial charge >= 0.3 is 6.18 Å². The molecule has 3 heterocycles. The standard InChI is InChI=1S/C19H17F4N5O2/c1-18(2)6-9(10-7-25-15-5-14(20)27-28(15)16(10)18)17(29)26-11-4-13(19(21,22)23)24-8-12(11)30-3/h4-5,7-9H,6H2,1-3H3,(H,24,26,29)/t9-/m0/s1. The third-order valence-corrected chi connectivity index (χ3v) is 5.16. The monoisotopic (exact) mass is 423 g/mol. The lowest BCUT2D eigenvalue weighted by atomic mass is 9.88. The van der Waals surface area contributed by atoms with Crippen LogP contribution >= 0.6 is 0 Å². The van der Waals surface area contributed by atoms with Gasteiger partial charge in [-0.25, -0.2) is 14.5 Å². The van der Waals surface area contributed by atoms with Gasteiger partial charge in [0.05, 0.1) is 30.6 Å². The van der Waals surface area contributed by atoms with Crippen molar-refractivity contribution in [3.05, 3.63) is 47.4 Å². The van der Waals surface area contributed by atoms with Crippen LogP contribution in [0.5, 0.6) is 5.75 Å². The van der Waals surface area contributed by atoms with Crippen molar-refractivity contribution in [3.63, 3.8) is 0 Å². The summed E-state index contributed by atoms with van der Waals surface area (Å²) in [7, 11) is 1.26. The minimum absolute atomic E-state index is 0.00319. The summed E-state index contributed by atoms with van der Waals surface area (Å²) in [5, 5.41) is 6.34. The van der Waals surface area contributed by atoms with Crippen molar-refractivity contribution in [2.75, 3.05) is 12.4 Å². The Morgan fingerprint density at radius 2 is 2.00 bits per heavy atom. The number of pyridine rings is 1. The van der Waals surface area contributed by atoms with Gasteiger partial charge < -0.3 is 10.1 Å². The van der Waals surface area contributed by atoms with Gasteiger partial charge in [-0.3, -0.25) is 4.79 Å². The minimum Gasteiger partial charge on any atom is -0.493 e. The first-order valence-electron chi connectivity index (χ1n) is 8.98. The Morgan fingerprint density at radius 1 is 1.27 bits per heavy atom. The molecule has 0 bridgehead atoms. The fraction of sp³-hybridized carbons (Fsp3) is 0.368. The van der Waals surface area contributed by atoms with Crippen LogP contribution in [0.3, 0.4) is 0 Å². The molecule has 1 aliphatic rings. The van der Waals surface area contributed by atoms with Gasteiger partial charge in [0.1, 0.15) is 5.69 Å². The fourth-order valence-corrected chi connectivity index (χ4v) is 3.88.